The zero-order valence-electron chi connectivity index (χ0n) is 17.3. The van der Waals surface area contributed by atoms with Gasteiger partial charge in [-0.15, -0.1) is 5.48 Å². The smallest absolute Gasteiger partial charge is 0.245 e. The van der Waals surface area contributed by atoms with Crippen molar-refractivity contribution >= 4 is 17.7 Å². The average Bonchev–Trinajstić information content (AvgIpc) is 3.32. The summed E-state index contributed by atoms with van der Waals surface area (Å²) in [5.41, 5.74) is 5.13. The highest BCUT2D eigenvalue weighted by molar-refractivity contribution is 5.92. The van der Waals surface area contributed by atoms with Crippen LogP contribution in [0.1, 0.15) is 37.4 Å². The van der Waals surface area contributed by atoms with E-state index in [1.54, 1.807) is 6.92 Å². The van der Waals surface area contributed by atoms with Crippen molar-refractivity contribution in [2.24, 2.45) is 0 Å². The Morgan fingerprint density at radius 1 is 1.30 bits per heavy atom. The van der Waals surface area contributed by atoms with Gasteiger partial charge in [-0.25, -0.2) is 0 Å². The molecule has 9 nitrogen and oxygen atoms in total. The van der Waals surface area contributed by atoms with Crippen molar-refractivity contribution < 1.29 is 24.3 Å². The fourth-order valence-corrected chi connectivity index (χ4v) is 3.64. The van der Waals surface area contributed by atoms with Crippen molar-refractivity contribution in [2.45, 2.75) is 51.4 Å². The summed E-state index contributed by atoms with van der Waals surface area (Å²) in [4.78, 5) is 43.3. The fraction of sp³-hybridized carbons (Fsp3) is 0.476. The Hall–Kier alpha value is -2.91. The summed E-state index contributed by atoms with van der Waals surface area (Å²) in [5.74, 6) is -0.549. The van der Waals surface area contributed by atoms with E-state index < -0.39 is 24.1 Å². The molecule has 4 N–H and O–H groups in total. The standard InChI is InChI=1S/C21H28N4O5/c1-12-4-6-15(7-5-12)18-9-17(30-24-18)10-22-20(28)19-8-16(27)11-25(19)21(29)13(2)23-14(3)26/h4-7,9,13,16,18-19,24,27H,8,10-11H2,1-3H3,(H,22,28)(H,23,26)/t13-,16+,18?,19-/m0/s1. The number of aryl methyl sites for hydroxylation is 1. The monoisotopic (exact) mass is 416 g/mol. The Morgan fingerprint density at radius 3 is 2.67 bits per heavy atom. The van der Waals surface area contributed by atoms with Crippen LogP contribution >= 0.6 is 0 Å². The SMILES string of the molecule is CC(=O)N[C@@H](C)C(=O)N1C[C@H](O)C[C@H]1C(=O)NCC1=CC(c2ccc(C)cc2)NO1. The lowest BCUT2D eigenvalue weighted by Crippen LogP contribution is -2.52. The van der Waals surface area contributed by atoms with Crippen molar-refractivity contribution in [3.05, 3.63) is 47.2 Å². The molecule has 1 unspecified atom stereocenters. The van der Waals surface area contributed by atoms with Crippen molar-refractivity contribution in [1.82, 2.24) is 21.0 Å². The van der Waals surface area contributed by atoms with Crippen LogP contribution in [0.15, 0.2) is 36.1 Å². The maximum absolute atomic E-state index is 12.7. The molecule has 1 aromatic carbocycles. The van der Waals surface area contributed by atoms with E-state index >= 15 is 0 Å². The van der Waals surface area contributed by atoms with E-state index in [0.29, 0.717) is 5.76 Å². The molecule has 9 heteroatoms. The summed E-state index contributed by atoms with van der Waals surface area (Å²) in [7, 11) is 0. The van der Waals surface area contributed by atoms with Gasteiger partial charge >= 0.3 is 0 Å². The fourth-order valence-electron chi connectivity index (χ4n) is 3.64. The van der Waals surface area contributed by atoms with Gasteiger partial charge in [0, 0.05) is 19.9 Å². The molecule has 0 aliphatic carbocycles. The second-order valence-electron chi connectivity index (χ2n) is 7.78. The molecule has 0 saturated carbocycles. The number of nitrogens with zero attached hydrogens (tertiary/aromatic N) is 1. The van der Waals surface area contributed by atoms with E-state index in [0.717, 1.165) is 5.56 Å². The van der Waals surface area contributed by atoms with Crippen LogP contribution in [-0.2, 0) is 19.2 Å². The normalized spacial score (nSPS) is 24.1. The van der Waals surface area contributed by atoms with Crippen molar-refractivity contribution in [1.29, 1.82) is 0 Å². The predicted molar refractivity (Wildman–Crippen MR) is 109 cm³/mol. The number of amides is 3. The molecule has 1 fully saturated rings. The van der Waals surface area contributed by atoms with E-state index in [9.17, 15) is 19.5 Å². The third kappa shape index (κ3) is 5.17. The summed E-state index contributed by atoms with van der Waals surface area (Å²) in [5, 5.41) is 15.3. The first kappa shape index (κ1) is 21.8. The van der Waals surface area contributed by atoms with Crippen LogP contribution in [0.3, 0.4) is 0 Å². The maximum atomic E-state index is 12.7. The number of hydrogen-bond donors (Lipinski definition) is 4. The van der Waals surface area contributed by atoms with Crippen LogP contribution in [0.5, 0.6) is 0 Å². The number of aliphatic hydroxyl groups is 1. The van der Waals surface area contributed by atoms with Crippen LogP contribution in [0, 0.1) is 6.92 Å². The molecule has 30 heavy (non-hydrogen) atoms. The molecule has 0 spiro atoms. The Morgan fingerprint density at radius 2 is 2.00 bits per heavy atom. The third-order valence-electron chi connectivity index (χ3n) is 5.20. The van der Waals surface area contributed by atoms with E-state index in [1.165, 1.54) is 17.4 Å². The van der Waals surface area contributed by atoms with Crippen molar-refractivity contribution in [3.63, 3.8) is 0 Å². The highest BCUT2D eigenvalue weighted by Gasteiger charge is 2.40. The molecule has 3 rings (SSSR count). The zero-order chi connectivity index (χ0) is 21.8. The summed E-state index contributed by atoms with van der Waals surface area (Å²) >= 11 is 0. The lowest BCUT2D eigenvalue weighted by atomic mass is 10.1. The highest BCUT2D eigenvalue weighted by atomic mass is 16.7. The van der Waals surface area contributed by atoms with Crippen LogP contribution in [0.25, 0.3) is 0 Å². The molecule has 1 saturated heterocycles. The lowest BCUT2D eigenvalue weighted by Gasteiger charge is -2.26. The molecular formula is C21H28N4O5. The van der Waals surface area contributed by atoms with Gasteiger partial charge in [-0.05, 0) is 25.5 Å². The van der Waals surface area contributed by atoms with E-state index in [-0.39, 0.29) is 37.4 Å². The number of aliphatic hydroxyl groups excluding tert-OH is 1. The minimum atomic E-state index is -0.799. The lowest BCUT2D eigenvalue weighted by molar-refractivity contribution is -0.140. The Bertz CT molecular complexity index is 838. The second-order valence-corrected chi connectivity index (χ2v) is 7.78. The summed E-state index contributed by atoms with van der Waals surface area (Å²) < 4.78 is 0. The van der Waals surface area contributed by atoms with Gasteiger partial charge in [0.05, 0.1) is 18.7 Å². The van der Waals surface area contributed by atoms with Gasteiger partial charge in [-0.1, -0.05) is 29.8 Å². The number of β-amino-alcohol motifs (C(OH)–C–C–N with tert-alkyl or cyclic N) is 1. The van der Waals surface area contributed by atoms with Crippen molar-refractivity contribution in [2.75, 3.05) is 13.1 Å². The topological polar surface area (TPSA) is 120 Å². The molecule has 2 aliphatic heterocycles. The van der Waals surface area contributed by atoms with Gasteiger partial charge in [-0.2, -0.15) is 0 Å². The zero-order valence-corrected chi connectivity index (χ0v) is 17.3. The van der Waals surface area contributed by atoms with Crippen LogP contribution < -0.4 is 16.1 Å². The number of carbonyl (C=O) groups is 3. The second kappa shape index (κ2) is 9.27. The van der Waals surface area contributed by atoms with Gasteiger partial charge in [-0.3, -0.25) is 14.4 Å². The van der Waals surface area contributed by atoms with Gasteiger partial charge in [0.2, 0.25) is 17.7 Å². The molecule has 1 aromatic rings. The molecule has 2 aliphatic rings. The van der Waals surface area contributed by atoms with Gasteiger partial charge in [0.15, 0.2) is 0 Å². The first-order valence-corrected chi connectivity index (χ1v) is 9.97. The molecule has 162 valence electrons. The van der Waals surface area contributed by atoms with Gasteiger partial charge in [0.1, 0.15) is 17.8 Å². The summed E-state index contributed by atoms with van der Waals surface area (Å²) in [6.45, 7) is 5.10. The van der Waals surface area contributed by atoms with Gasteiger partial charge < -0.3 is 25.5 Å². The molecule has 0 radical (unpaired) electrons. The largest absolute Gasteiger partial charge is 0.411 e. The molecular weight excluding hydrogens is 388 g/mol. The van der Waals surface area contributed by atoms with Crippen LogP contribution in [0.4, 0.5) is 0 Å². The Balaban J connectivity index is 1.58. The molecule has 0 aromatic heterocycles. The van der Waals surface area contributed by atoms with Crippen molar-refractivity contribution in [3.8, 4) is 0 Å². The summed E-state index contributed by atoms with van der Waals surface area (Å²) in [6.07, 6.45) is 1.24. The number of rotatable bonds is 6. The number of hydroxylamine groups is 1. The molecule has 3 amide bonds. The highest BCUT2D eigenvalue weighted by Crippen LogP contribution is 2.23. The Kier molecular flexibility index (Phi) is 6.73. The number of carbonyl (C=O) groups excluding carboxylic acids is 3. The first-order chi connectivity index (χ1) is 14.2. The number of nitrogens with one attached hydrogen (secondary N) is 3. The minimum Gasteiger partial charge on any atom is -0.411 e. The number of benzene rings is 1. The van der Waals surface area contributed by atoms with Gasteiger partial charge in [0.25, 0.3) is 0 Å². The average molecular weight is 416 g/mol. The number of hydrogen-bond acceptors (Lipinski definition) is 6. The molecule has 2 heterocycles. The first-order valence-electron chi connectivity index (χ1n) is 9.97. The van der Waals surface area contributed by atoms with Crippen LogP contribution in [-0.4, -0.2) is 59.0 Å². The number of likely N-dealkylation sites (tertiary alicyclic amines) is 1. The van der Waals surface area contributed by atoms with Crippen LogP contribution in [0.2, 0.25) is 0 Å². The predicted octanol–water partition coefficient (Wildman–Crippen LogP) is 0.0574. The maximum Gasteiger partial charge on any atom is 0.245 e. The van der Waals surface area contributed by atoms with E-state index in [4.69, 9.17) is 4.84 Å². The molecule has 4 atom stereocenters. The minimum absolute atomic E-state index is 0.0527. The quantitative estimate of drug-likeness (QED) is 0.521. The molecule has 0 bridgehead atoms. The van der Waals surface area contributed by atoms with E-state index in [2.05, 4.69) is 16.1 Å². The Labute approximate surface area is 175 Å². The van der Waals surface area contributed by atoms with E-state index in [1.807, 2.05) is 37.3 Å². The summed E-state index contributed by atoms with van der Waals surface area (Å²) in [6, 6.07) is 6.37. The third-order valence-corrected chi connectivity index (χ3v) is 5.20.